The molecule has 10 nitrogen and oxygen atoms in total. The Morgan fingerprint density at radius 1 is 1.41 bits per heavy atom. The van der Waals surface area contributed by atoms with Gasteiger partial charge < -0.3 is 19.5 Å². The van der Waals surface area contributed by atoms with Gasteiger partial charge in [0.2, 0.25) is 0 Å². The third kappa shape index (κ3) is 4.42. The zero-order chi connectivity index (χ0) is 19.6. The molecule has 1 amide bonds. The van der Waals surface area contributed by atoms with E-state index in [9.17, 15) is 18.0 Å². The highest BCUT2D eigenvalue weighted by molar-refractivity contribution is 7.90. The molecule has 2 aliphatic rings. The fourth-order valence-corrected chi connectivity index (χ4v) is 3.44. The van der Waals surface area contributed by atoms with Crippen LogP contribution in [0.15, 0.2) is 38.9 Å². The predicted octanol–water partition coefficient (Wildman–Crippen LogP) is 0.741. The number of amides is 1. The summed E-state index contributed by atoms with van der Waals surface area (Å²) in [7, 11) is -3.47. The summed E-state index contributed by atoms with van der Waals surface area (Å²) in [6.45, 7) is 3.58. The minimum atomic E-state index is -3.47. The minimum Gasteiger partial charge on any atom is -0.449 e. The number of amidine groups is 1. The van der Waals surface area contributed by atoms with Crippen molar-refractivity contribution in [3.63, 3.8) is 0 Å². The maximum atomic E-state index is 12.4. The molecule has 0 spiro atoms. The number of hydrogen-bond acceptors (Lipinski definition) is 8. The molecule has 144 valence electrons. The Hall–Kier alpha value is -2.95. The van der Waals surface area contributed by atoms with Crippen molar-refractivity contribution >= 4 is 33.6 Å². The number of sulfonamides is 1. The molecule has 3 heterocycles. The molecule has 1 N–H and O–H groups in total. The number of anilines is 1. The smallest absolute Gasteiger partial charge is 0.340 e. The summed E-state index contributed by atoms with van der Waals surface area (Å²) in [4.78, 5) is 26.2. The standard InChI is InChI=1S/C16H18N4O6S/c1-3-12(15(21)17-13-8-10(2)26-18-13)25-16(22)11-4-5-14-19-27(23,24)7-6-20(14)9-11/h4-5,8-9,12H,3,6-7H2,1-2H3,(H,17,18,21)/t12-/m0/s1. The number of rotatable bonds is 5. The van der Waals surface area contributed by atoms with Crippen LogP contribution in [-0.2, 0) is 24.3 Å². The van der Waals surface area contributed by atoms with Crippen LogP contribution in [0.3, 0.4) is 0 Å². The van der Waals surface area contributed by atoms with Crippen molar-refractivity contribution < 1.29 is 27.3 Å². The van der Waals surface area contributed by atoms with E-state index in [0.29, 0.717) is 5.76 Å². The molecule has 0 fully saturated rings. The fourth-order valence-electron chi connectivity index (χ4n) is 2.47. The van der Waals surface area contributed by atoms with Gasteiger partial charge in [-0.3, -0.25) is 4.79 Å². The van der Waals surface area contributed by atoms with Crippen LogP contribution in [-0.4, -0.2) is 54.6 Å². The van der Waals surface area contributed by atoms with E-state index in [1.54, 1.807) is 24.8 Å². The molecule has 0 saturated carbocycles. The van der Waals surface area contributed by atoms with Gasteiger partial charge in [0.1, 0.15) is 11.6 Å². The first kappa shape index (κ1) is 18.8. The molecular weight excluding hydrogens is 376 g/mol. The summed E-state index contributed by atoms with van der Waals surface area (Å²) in [6, 6.07) is 1.55. The molecular formula is C16H18N4O6S. The maximum absolute atomic E-state index is 12.4. The average molecular weight is 394 g/mol. The van der Waals surface area contributed by atoms with E-state index >= 15 is 0 Å². The highest BCUT2D eigenvalue weighted by Gasteiger charge is 2.28. The van der Waals surface area contributed by atoms with Gasteiger partial charge >= 0.3 is 5.97 Å². The summed E-state index contributed by atoms with van der Waals surface area (Å²) in [5.41, 5.74) is 0.191. The highest BCUT2D eigenvalue weighted by atomic mass is 32.2. The normalized spacial score (nSPS) is 18.8. The van der Waals surface area contributed by atoms with Crippen molar-refractivity contribution in [3.8, 4) is 0 Å². The second-order valence-electron chi connectivity index (χ2n) is 5.96. The second-order valence-corrected chi connectivity index (χ2v) is 7.72. The Labute approximate surface area is 155 Å². The van der Waals surface area contributed by atoms with Gasteiger partial charge in [-0.05, 0) is 25.5 Å². The zero-order valence-corrected chi connectivity index (χ0v) is 15.5. The van der Waals surface area contributed by atoms with E-state index in [4.69, 9.17) is 9.26 Å². The van der Waals surface area contributed by atoms with Crippen LogP contribution in [0.25, 0.3) is 0 Å². The predicted molar refractivity (Wildman–Crippen MR) is 95.2 cm³/mol. The number of nitrogens with zero attached hydrogens (tertiary/aromatic N) is 3. The SMILES string of the molecule is CC[C@H](OC(=O)C1=CN2CCS(=O)(=O)N=C2C=C1)C(=O)Nc1cc(C)on1. The summed E-state index contributed by atoms with van der Waals surface area (Å²) in [5.74, 6) is -0.347. The van der Waals surface area contributed by atoms with Crippen molar-refractivity contribution in [1.82, 2.24) is 10.1 Å². The van der Waals surface area contributed by atoms with E-state index < -0.39 is 28.0 Å². The van der Waals surface area contributed by atoms with Gasteiger partial charge in [0.25, 0.3) is 15.9 Å². The molecule has 27 heavy (non-hydrogen) atoms. The lowest BCUT2D eigenvalue weighted by Crippen LogP contribution is -2.38. The lowest BCUT2D eigenvalue weighted by molar-refractivity contribution is -0.150. The van der Waals surface area contributed by atoms with E-state index in [1.807, 2.05) is 0 Å². The molecule has 2 aliphatic heterocycles. The molecule has 0 saturated heterocycles. The molecule has 0 bridgehead atoms. The van der Waals surface area contributed by atoms with Gasteiger partial charge in [0.15, 0.2) is 11.9 Å². The Kier molecular flexibility index (Phi) is 5.13. The molecule has 1 aromatic heterocycles. The Bertz CT molecular complexity index is 959. The zero-order valence-electron chi connectivity index (χ0n) is 14.7. The van der Waals surface area contributed by atoms with E-state index in [0.717, 1.165) is 0 Å². The van der Waals surface area contributed by atoms with Gasteiger partial charge in [-0.25, -0.2) is 13.2 Å². The minimum absolute atomic E-state index is 0.139. The van der Waals surface area contributed by atoms with Crippen molar-refractivity contribution in [1.29, 1.82) is 0 Å². The second kappa shape index (κ2) is 7.35. The topological polar surface area (TPSA) is 131 Å². The quantitative estimate of drug-likeness (QED) is 0.724. The van der Waals surface area contributed by atoms with E-state index in [2.05, 4.69) is 14.9 Å². The Balaban J connectivity index is 1.66. The third-order valence-electron chi connectivity index (χ3n) is 3.85. The van der Waals surface area contributed by atoms with Crippen LogP contribution in [0.1, 0.15) is 19.1 Å². The number of ether oxygens (including phenoxy) is 1. The Morgan fingerprint density at radius 2 is 2.19 bits per heavy atom. The number of hydrogen-bond donors (Lipinski definition) is 1. The summed E-state index contributed by atoms with van der Waals surface area (Å²) < 4.78 is 36.8. The van der Waals surface area contributed by atoms with Gasteiger partial charge in [-0.2, -0.15) is 0 Å². The number of carbonyl (C=O) groups excluding carboxylic acids is 2. The van der Waals surface area contributed by atoms with Crippen LogP contribution in [0.4, 0.5) is 5.82 Å². The third-order valence-corrected chi connectivity index (χ3v) is 5.02. The van der Waals surface area contributed by atoms with Crippen LogP contribution in [0.2, 0.25) is 0 Å². The number of nitrogens with one attached hydrogen (secondary N) is 1. The first-order valence-electron chi connectivity index (χ1n) is 8.22. The molecule has 11 heteroatoms. The lowest BCUT2D eigenvalue weighted by atomic mass is 10.2. The van der Waals surface area contributed by atoms with Crippen LogP contribution >= 0.6 is 0 Å². The summed E-state index contributed by atoms with van der Waals surface area (Å²) in [6.07, 6.45) is 3.54. The molecule has 1 aromatic rings. The van der Waals surface area contributed by atoms with Gasteiger partial charge in [0.05, 0.1) is 11.3 Å². The number of esters is 1. The van der Waals surface area contributed by atoms with Crippen LogP contribution in [0, 0.1) is 6.92 Å². The van der Waals surface area contributed by atoms with E-state index in [-0.39, 0.29) is 35.9 Å². The molecule has 0 aliphatic carbocycles. The maximum Gasteiger partial charge on any atom is 0.340 e. The fraction of sp³-hybridized carbons (Fsp3) is 0.375. The number of aryl methyl sites for hydroxylation is 1. The van der Waals surface area contributed by atoms with Crippen molar-refractivity contribution in [3.05, 3.63) is 35.8 Å². The van der Waals surface area contributed by atoms with E-state index in [1.165, 1.54) is 18.4 Å². The molecule has 0 unspecified atom stereocenters. The Morgan fingerprint density at radius 3 is 2.85 bits per heavy atom. The average Bonchev–Trinajstić information content (AvgIpc) is 3.02. The summed E-state index contributed by atoms with van der Waals surface area (Å²) in [5, 5.41) is 6.18. The number of fused-ring (bicyclic) bond motifs is 1. The molecule has 3 rings (SSSR count). The molecule has 0 aromatic carbocycles. The van der Waals surface area contributed by atoms with Gasteiger partial charge in [0, 0.05) is 18.8 Å². The first-order valence-corrected chi connectivity index (χ1v) is 9.82. The van der Waals surface area contributed by atoms with Gasteiger partial charge in [-0.1, -0.05) is 12.1 Å². The monoisotopic (exact) mass is 394 g/mol. The molecule has 0 radical (unpaired) electrons. The van der Waals surface area contributed by atoms with Crippen molar-refractivity contribution in [2.75, 3.05) is 17.6 Å². The van der Waals surface area contributed by atoms with Crippen LogP contribution < -0.4 is 5.32 Å². The first-order chi connectivity index (χ1) is 12.8. The van der Waals surface area contributed by atoms with Crippen molar-refractivity contribution in [2.45, 2.75) is 26.4 Å². The number of aromatic nitrogens is 1. The highest BCUT2D eigenvalue weighted by Crippen LogP contribution is 2.18. The van der Waals surface area contributed by atoms with Gasteiger partial charge in [-0.15, -0.1) is 4.40 Å². The lowest BCUT2D eigenvalue weighted by Gasteiger charge is -2.27. The van der Waals surface area contributed by atoms with Crippen molar-refractivity contribution in [2.24, 2.45) is 4.40 Å². The van der Waals surface area contributed by atoms with Crippen LogP contribution in [0.5, 0.6) is 0 Å². The summed E-state index contributed by atoms with van der Waals surface area (Å²) >= 11 is 0. The number of carbonyl (C=O) groups is 2. The largest absolute Gasteiger partial charge is 0.449 e. The molecule has 1 atom stereocenters.